The lowest BCUT2D eigenvalue weighted by atomic mass is 10.3. The van der Waals surface area contributed by atoms with Crippen molar-refractivity contribution in [1.29, 1.82) is 0 Å². The molecule has 134 valence electrons. The Labute approximate surface area is 143 Å². The number of aromatic nitrogens is 2. The number of nitrogens with zero attached hydrogens (tertiary/aromatic N) is 4. The van der Waals surface area contributed by atoms with E-state index in [1.165, 1.54) is 6.20 Å². The van der Waals surface area contributed by atoms with Crippen LogP contribution in [0.15, 0.2) is 12.4 Å². The fourth-order valence-electron chi connectivity index (χ4n) is 1.93. The third-order valence-electron chi connectivity index (χ3n) is 3.34. The molecule has 0 atom stereocenters. The zero-order chi connectivity index (χ0) is 17.9. The molecule has 0 bridgehead atoms. The van der Waals surface area contributed by atoms with Gasteiger partial charge in [-0.2, -0.15) is 0 Å². The van der Waals surface area contributed by atoms with Crippen molar-refractivity contribution >= 4 is 11.8 Å². The largest absolute Gasteiger partial charge is 0.383 e. The van der Waals surface area contributed by atoms with Gasteiger partial charge in [0.15, 0.2) is 0 Å². The Morgan fingerprint density at radius 2 is 1.92 bits per heavy atom. The van der Waals surface area contributed by atoms with Crippen molar-refractivity contribution in [2.45, 2.75) is 13.3 Å². The van der Waals surface area contributed by atoms with E-state index in [4.69, 9.17) is 4.74 Å². The SMILES string of the molecule is COCCN(CCC(=O)NCCN(C)C)C(=O)c1cnc(C)cn1. The highest BCUT2D eigenvalue weighted by Crippen LogP contribution is 2.03. The van der Waals surface area contributed by atoms with Crippen LogP contribution in [0.5, 0.6) is 0 Å². The molecule has 1 N–H and O–H groups in total. The molecule has 0 saturated heterocycles. The Balaban J connectivity index is 2.56. The van der Waals surface area contributed by atoms with Crippen LogP contribution in [0.4, 0.5) is 0 Å². The number of likely N-dealkylation sites (N-methyl/N-ethyl adjacent to an activating group) is 1. The summed E-state index contributed by atoms with van der Waals surface area (Å²) in [6.45, 7) is 4.27. The van der Waals surface area contributed by atoms with Crippen LogP contribution >= 0.6 is 0 Å². The lowest BCUT2D eigenvalue weighted by Gasteiger charge is -2.21. The Bertz CT molecular complexity index is 519. The van der Waals surface area contributed by atoms with Crippen molar-refractivity contribution < 1.29 is 14.3 Å². The second kappa shape index (κ2) is 10.7. The first-order valence-electron chi connectivity index (χ1n) is 7.92. The minimum Gasteiger partial charge on any atom is -0.383 e. The number of ether oxygens (including phenoxy) is 1. The molecule has 0 aliphatic carbocycles. The molecule has 1 rings (SSSR count). The first kappa shape index (κ1) is 20.0. The first-order chi connectivity index (χ1) is 11.4. The number of carbonyl (C=O) groups is 2. The van der Waals surface area contributed by atoms with Crippen LogP contribution in [0, 0.1) is 6.92 Å². The molecule has 24 heavy (non-hydrogen) atoms. The fraction of sp³-hybridized carbons (Fsp3) is 0.625. The molecule has 8 nitrogen and oxygen atoms in total. The summed E-state index contributed by atoms with van der Waals surface area (Å²) in [6.07, 6.45) is 3.24. The van der Waals surface area contributed by atoms with Crippen LogP contribution in [0.3, 0.4) is 0 Å². The molecular weight excluding hydrogens is 310 g/mol. The quantitative estimate of drug-likeness (QED) is 0.644. The van der Waals surface area contributed by atoms with Crippen molar-refractivity contribution in [2.75, 3.05) is 54.0 Å². The molecule has 0 fully saturated rings. The maximum Gasteiger partial charge on any atom is 0.274 e. The van der Waals surface area contributed by atoms with Gasteiger partial charge in [-0.25, -0.2) is 4.98 Å². The summed E-state index contributed by atoms with van der Waals surface area (Å²) in [5.41, 5.74) is 1.01. The van der Waals surface area contributed by atoms with Gasteiger partial charge in [0.2, 0.25) is 5.91 Å². The molecule has 0 unspecified atom stereocenters. The minimum atomic E-state index is -0.249. The number of amides is 2. The Kier molecular flexibility index (Phi) is 8.88. The summed E-state index contributed by atoms with van der Waals surface area (Å²) >= 11 is 0. The summed E-state index contributed by atoms with van der Waals surface area (Å²) < 4.78 is 5.04. The average molecular weight is 337 g/mol. The van der Waals surface area contributed by atoms with Gasteiger partial charge < -0.3 is 19.9 Å². The van der Waals surface area contributed by atoms with Gasteiger partial charge >= 0.3 is 0 Å². The lowest BCUT2D eigenvalue weighted by molar-refractivity contribution is -0.121. The summed E-state index contributed by atoms with van der Waals surface area (Å²) in [6, 6.07) is 0. The fourth-order valence-corrected chi connectivity index (χ4v) is 1.93. The van der Waals surface area contributed by atoms with Crippen molar-refractivity contribution in [2.24, 2.45) is 0 Å². The van der Waals surface area contributed by atoms with Crippen molar-refractivity contribution in [3.63, 3.8) is 0 Å². The van der Waals surface area contributed by atoms with Crippen LogP contribution in [0.2, 0.25) is 0 Å². The first-order valence-corrected chi connectivity index (χ1v) is 7.92. The second-order valence-electron chi connectivity index (χ2n) is 5.73. The molecule has 0 saturated carbocycles. The van der Waals surface area contributed by atoms with Crippen LogP contribution in [0.1, 0.15) is 22.6 Å². The van der Waals surface area contributed by atoms with E-state index in [0.717, 1.165) is 12.2 Å². The van der Waals surface area contributed by atoms with Crippen LogP contribution in [-0.4, -0.2) is 85.6 Å². The van der Waals surface area contributed by atoms with E-state index in [9.17, 15) is 9.59 Å². The number of rotatable bonds is 10. The van der Waals surface area contributed by atoms with E-state index in [-0.39, 0.29) is 23.9 Å². The smallest absolute Gasteiger partial charge is 0.274 e. The zero-order valence-corrected chi connectivity index (χ0v) is 14.9. The maximum absolute atomic E-state index is 12.5. The Morgan fingerprint density at radius 3 is 2.50 bits per heavy atom. The van der Waals surface area contributed by atoms with Gasteiger partial charge in [0.1, 0.15) is 5.69 Å². The summed E-state index contributed by atoms with van der Waals surface area (Å²) in [5, 5.41) is 2.83. The molecule has 1 heterocycles. The average Bonchev–Trinajstić information content (AvgIpc) is 2.54. The highest BCUT2D eigenvalue weighted by Gasteiger charge is 2.18. The Morgan fingerprint density at radius 1 is 1.17 bits per heavy atom. The predicted octanol–water partition coefficient (Wildman–Crippen LogP) is -0.0585. The molecule has 1 aromatic heterocycles. The maximum atomic E-state index is 12.5. The number of carbonyl (C=O) groups excluding carboxylic acids is 2. The van der Waals surface area contributed by atoms with Gasteiger partial charge in [0.25, 0.3) is 5.91 Å². The number of aryl methyl sites for hydroxylation is 1. The minimum absolute atomic E-state index is 0.0814. The molecule has 0 aliphatic rings. The van der Waals surface area contributed by atoms with Gasteiger partial charge in [0.05, 0.1) is 18.5 Å². The standard InChI is InChI=1S/C16H27N5O3/c1-13-11-19-14(12-18-13)16(23)21(9-10-24-4)7-5-15(22)17-6-8-20(2)3/h11-12H,5-10H2,1-4H3,(H,17,22). The monoisotopic (exact) mass is 337 g/mol. The third-order valence-corrected chi connectivity index (χ3v) is 3.34. The van der Waals surface area contributed by atoms with E-state index in [1.807, 2.05) is 25.9 Å². The van der Waals surface area contributed by atoms with Crippen LogP contribution < -0.4 is 5.32 Å². The summed E-state index contributed by atoms with van der Waals surface area (Å²) in [5.74, 6) is -0.331. The van der Waals surface area contributed by atoms with Crippen LogP contribution in [-0.2, 0) is 9.53 Å². The molecule has 0 aliphatic heterocycles. The van der Waals surface area contributed by atoms with E-state index in [0.29, 0.717) is 26.2 Å². The number of nitrogens with one attached hydrogen (secondary N) is 1. The third kappa shape index (κ3) is 7.47. The summed E-state index contributed by atoms with van der Waals surface area (Å²) in [4.78, 5) is 36.1. The number of methoxy groups -OCH3 is 1. The second-order valence-corrected chi connectivity index (χ2v) is 5.73. The lowest BCUT2D eigenvalue weighted by Crippen LogP contribution is -2.38. The van der Waals surface area contributed by atoms with E-state index in [1.54, 1.807) is 18.2 Å². The predicted molar refractivity (Wildman–Crippen MR) is 90.7 cm³/mol. The molecule has 2 amide bonds. The highest BCUT2D eigenvalue weighted by molar-refractivity contribution is 5.92. The van der Waals surface area contributed by atoms with Gasteiger partial charge in [-0.1, -0.05) is 0 Å². The normalized spacial score (nSPS) is 10.7. The number of hydrogen-bond acceptors (Lipinski definition) is 6. The van der Waals surface area contributed by atoms with Crippen LogP contribution in [0.25, 0.3) is 0 Å². The van der Waals surface area contributed by atoms with Gasteiger partial charge in [-0.3, -0.25) is 14.6 Å². The summed E-state index contributed by atoms with van der Waals surface area (Å²) in [7, 11) is 5.46. The Hall–Kier alpha value is -2.06. The van der Waals surface area contributed by atoms with Gasteiger partial charge in [-0.05, 0) is 21.0 Å². The molecule has 0 aromatic carbocycles. The molecule has 0 spiro atoms. The van der Waals surface area contributed by atoms with Gasteiger partial charge in [-0.15, -0.1) is 0 Å². The zero-order valence-electron chi connectivity index (χ0n) is 14.9. The van der Waals surface area contributed by atoms with Crippen molar-refractivity contribution in [3.05, 3.63) is 23.8 Å². The molecular formula is C16H27N5O3. The van der Waals surface area contributed by atoms with E-state index >= 15 is 0 Å². The molecule has 0 radical (unpaired) electrons. The van der Waals surface area contributed by atoms with Gasteiger partial charge in [0, 0.05) is 45.9 Å². The highest BCUT2D eigenvalue weighted by atomic mass is 16.5. The van der Waals surface area contributed by atoms with E-state index < -0.39 is 0 Å². The number of hydrogen-bond donors (Lipinski definition) is 1. The topological polar surface area (TPSA) is 87.7 Å². The van der Waals surface area contributed by atoms with Crippen molar-refractivity contribution in [3.8, 4) is 0 Å². The molecule has 8 heteroatoms. The van der Waals surface area contributed by atoms with Crippen molar-refractivity contribution in [1.82, 2.24) is 25.1 Å². The molecule has 1 aromatic rings. The van der Waals surface area contributed by atoms with E-state index in [2.05, 4.69) is 15.3 Å².